The summed E-state index contributed by atoms with van der Waals surface area (Å²) in [5, 5.41) is 6.51. The third-order valence-electron chi connectivity index (χ3n) is 4.66. The number of rotatable bonds is 7. The minimum Gasteiger partial charge on any atom is -0.598 e. The molecule has 1 aromatic heterocycles. The topological polar surface area (TPSA) is 86.0 Å². The molecular formula is C15H25F3N4O2S. The summed E-state index contributed by atoms with van der Waals surface area (Å²) in [6.07, 6.45) is -0.851. The Labute approximate surface area is 148 Å². The van der Waals surface area contributed by atoms with E-state index in [2.05, 4.69) is 20.2 Å². The normalized spacial score (nSPS) is 23.5. The van der Waals surface area contributed by atoms with E-state index in [9.17, 15) is 17.7 Å². The predicted octanol–water partition coefficient (Wildman–Crippen LogP) is 3.15. The smallest absolute Gasteiger partial charge is 0.401 e. The van der Waals surface area contributed by atoms with Gasteiger partial charge >= 0.3 is 12.2 Å². The van der Waals surface area contributed by atoms with Crippen LogP contribution in [0, 0.1) is 5.92 Å². The summed E-state index contributed by atoms with van der Waals surface area (Å²) in [5.41, 5.74) is -2.16. The molecule has 1 unspecified atom stereocenters. The average Bonchev–Trinajstić information content (AvgIpc) is 3.02. The summed E-state index contributed by atoms with van der Waals surface area (Å²) in [4.78, 5) is 3.87. The zero-order chi connectivity index (χ0) is 18.7. The first kappa shape index (κ1) is 20.3. The first-order chi connectivity index (χ1) is 11.6. The Balaban J connectivity index is 1.83. The molecule has 0 amide bonds. The Morgan fingerprint density at radius 1 is 1.24 bits per heavy atom. The van der Waals surface area contributed by atoms with Crippen molar-refractivity contribution in [2.75, 3.05) is 17.6 Å². The molecule has 2 N–H and O–H groups in total. The van der Waals surface area contributed by atoms with Crippen molar-refractivity contribution < 1.29 is 22.2 Å². The molecule has 6 nitrogen and oxygen atoms in total. The van der Waals surface area contributed by atoms with Crippen LogP contribution in [-0.4, -0.2) is 39.2 Å². The largest absolute Gasteiger partial charge is 0.598 e. The summed E-state index contributed by atoms with van der Waals surface area (Å²) >= 11 is -0.973. The number of aromatic nitrogens is 2. The first-order valence-electron chi connectivity index (χ1n) is 8.42. The molecule has 0 bridgehead atoms. The van der Waals surface area contributed by atoms with Crippen molar-refractivity contribution in [3.63, 3.8) is 0 Å². The zero-order valence-electron chi connectivity index (χ0n) is 14.7. The molecule has 1 aliphatic carbocycles. The van der Waals surface area contributed by atoms with Crippen LogP contribution >= 0.6 is 0 Å². The van der Waals surface area contributed by atoms with Crippen LogP contribution in [0.3, 0.4) is 0 Å². The van der Waals surface area contributed by atoms with Crippen molar-refractivity contribution in [1.82, 2.24) is 14.9 Å². The van der Waals surface area contributed by atoms with E-state index in [1.54, 1.807) is 0 Å². The lowest BCUT2D eigenvalue weighted by Gasteiger charge is -2.28. The molecule has 0 spiro atoms. The van der Waals surface area contributed by atoms with Crippen LogP contribution in [0.15, 0.2) is 4.52 Å². The average molecular weight is 382 g/mol. The maximum absolute atomic E-state index is 13.0. The highest BCUT2D eigenvalue weighted by Gasteiger charge is 2.51. The van der Waals surface area contributed by atoms with Crippen LogP contribution in [-0.2, 0) is 16.8 Å². The molecular weight excluding hydrogens is 357 g/mol. The summed E-state index contributed by atoms with van der Waals surface area (Å²) in [7, 11) is 0. The lowest BCUT2D eigenvalue weighted by molar-refractivity contribution is -0.182. The van der Waals surface area contributed by atoms with Gasteiger partial charge in [0.1, 0.15) is 11.2 Å². The van der Waals surface area contributed by atoms with E-state index in [1.165, 1.54) is 0 Å². The monoisotopic (exact) mass is 382 g/mol. The van der Waals surface area contributed by atoms with Crippen molar-refractivity contribution in [3.8, 4) is 0 Å². The van der Waals surface area contributed by atoms with Gasteiger partial charge in [-0.05, 0) is 52.4 Å². The Bertz CT molecular complexity index is 545. The number of hydrogen-bond donors (Lipinski definition) is 2. The van der Waals surface area contributed by atoms with Crippen LogP contribution in [0.4, 0.5) is 19.2 Å². The fourth-order valence-corrected chi connectivity index (χ4v) is 3.29. The Morgan fingerprint density at radius 3 is 2.44 bits per heavy atom. The van der Waals surface area contributed by atoms with Gasteiger partial charge in [0.15, 0.2) is 5.82 Å². The van der Waals surface area contributed by atoms with E-state index >= 15 is 0 Å². The maximum atomic E-state index is 13.0. The van der Waals surface area contributed by atoms with Gasteiger partial charge < -0.3 is 14.4 Å². The van der Waals surface area contributed by atoms with Crippen LogP contribution < -0.4 is 10.0 Å². The predicted molar refractivity (Wildman–Crippen MR) is 89.4 cm³/mol. The zero-order valence-corrected chi connectivity index (χ0v) is 15.5. The first-order valence-corrected chi connectivity index (χ1v) is 9.74. The molecule has 0 saturated heterocycles. The second-order valence-electron chi connectivity index (χ2n) is 6.89. The van der Waals surface area contributed by atoms with Crippen molar-refractivity contribution in [2.45, 2.75) is 64.1 Å². The number of nitrogens with one attached hydrogen (secondary N) is 2. The summed E-state index contributed by atoms with van der Waals surface area (Å²) in [6.45, 7) is 4.64. The molecule has 1 aromatic rings. The molecule has 25 heavy (non-hydrogen) atoms. The highest BCUT2D eigenvalue weighted by molar-refractivity contribution is 7.89. The van der Waals surface area contributed by atoms with Gasteiger partial charge in [0.25, 0.3) is 0 Å². The fraction of sp³-hybridized carbons (Fsp3) is 0.867. The van der Waals surface area contributed by atoms with Gasteiger partial charge in [-0.25, -0.2) is 0 Å². The highest BCUT2D eigenvalue weighted by atomic mass is 32.2. The molecule has 2 rings (SSSR count). The lowest BCUT2D eigenvalue weighted by Crippen LogP contribution is -2.37. The SMILES string of the molecule is CC[S+]([O-])NC[C@H]1CC[C@H](Nc2nc(C(C)(C)C(F)(F)F)no2)CC1. The lowest BCUT2D eigenvalue weighted by atomic mass is 9.86. The summed E-state index contributed by atoms with van der Waals surface area (Å²) < 4.78 is 58.4. The molecule has 0 aliphatic heterocycles. The fourth-order valence-electron chi connectivity index (χ4n) is 2.66. The molecule has 0 radical (unpaired) electrons. The van der Waals surface area contributed by atoms with E-state index in [0.29, 0.717) is 11.7 Å². The number of nitrogens with zero attached hydrogens (tertiary/aromatic N) is 2. The molecule has 1 atom stereocenters. The van der Waals surface area contributed by atoms with Crippen LogP contribution in [0.5, 0.6) is 0 Å². The Morgan fingerprint density at radius 2 is 1.88 bits per heavy atom. The van der Waals surface area contributed by atoms with Crippen LogP contribution in [0.25, 0.3) is 0 Å². The second kappa shape index (κ2) is 8.13. The number of anilines is 1. The molecule has 1 aliphatic rings. The third kappa shape index (κ3) is 5.24. The maximum Gasteiger partial charge on any atom is 0.401 e. The van der Waals surface area contributed by atoms with E-state index < -0.39 is 23.0 Å². The Kier molecular flexibility index (Phi) is 6.61. The van der Waals surface area contributed by atoms with Gasteiger partial charge in [-0.1, -0.05) is 5.16 Å². The number of hydrogen-bond acceptors (Lipinski definition) is 6. The van der Waals surface area contributed by atoms with E-state index in [-0.39, 0.29) is 17.9 Å². The van der Waals surface area contributed by atoms with Gasteiger partial charge in [0.2, 0.25) is 0 Å². The molecule has 0 aromatic carbocycles. The minimum atomic E-state index is -4.45. The molecule has 1 heterocycles. The van der Waals surface area contributed by atoms with Crippen LogP contribution in [0.1, 0.15) is 52.3 Å². The van der Waals surface area contributed by atoms with Gasteiger partial charge in [-0.2, -0.15) is 18.2 Å². The summed E-state index contributed by atoms with van der Waals surface area (Å²) in [6, 6.07) is 0.121. The standard InChI is InChI=1S/C15H25F3N4O2S/c1-4-25(23)19-9-10-5-7-11(8-6-10)20-13-21-12(22-24-13)14(2,3)15(16,17)18/h10-11,19H,4-9H2,1-3H3,(H,20,21,22)/t10-,11-,25?. The third-order valence-corrected chi connectivity index (χ3v) is 5.68. The number of alkyl halides is 3. The van der Waals surface area contributed by atoms with E-state index in [4.69, 9.17) is 4.52 Å². The van der Waals surface area contributed by atoms with E-state index in [0.717, 1.165) is 46.1 Å². The van der Waals surface area contributed by atoms with E-state index in [1.807, 2.05) is 6.92 Å². The van der Waals surface area contributed by atoms with Crippen molar-refractivity contribution >= 4 is 17.4 Å². The number of halogens is 3. The van der Waals surface area contributed by atoms with Gasteiger partial charge in [0.05, 0.1) is 0 Å². The van der Waals surface area contributed by atoms with Crippen molar-refractivity contribution in [3.05, 3.63) is 5.82 Å². The highest BCUT2D eigenvalue weighted by Crippen LogP contribution is 2.39. The molecule has 1 fully saturated rings. The quantitative estimate of drug-likeness (QED) is 0.705. The molecule has 144 valence electrons. The summed E-state index contributed by atoms with van der Waals surface area (Å²) in [5.74, 6) is 0.670. The van der Waals surface area contributed by atoms with Gasteiger partial charge in [0, 0.05) is 23.9 Å². The van der Waals surface area contributed by atoms with Crippen molar-refractivity contribution in [1.29, 1.82) is 0 Å². The van der Waals surface area contributed by atoms with Gasteiger partial charge in [-0.3, -0.25) is 0 Å². The van der Waals surface area contributed by atoms with Crippen LogP contribution in [0.2, 0.25) is 0 Å². The molecule has 1 saturated carbocycles. The Hall–Kier alpha value is -1.00. The van der Waals surface area contributed by atoms with Crippen molar-refractivity contribution in [2.24, 2.45) is 5.92 Å². The second-order valence-corrected chi connectivity index (χ2v) is 8.45. The minimum absolute atomic E-state index is 0.0287. The molecule has 10 heteroatoms. The van der Waals surface area contributed by atoms with Gasteiger partial charge in [-0.15, -0.1) is 4.72 Å².